The second kappa shape index (κ2) is 6.27. The van der Waals surface area contributed by atoms with Crippen molar-refractivity contribution in [2.24, 2.45) is 0 Å². The van der Waals surface area contributed by atoms with Gasteiger partial charge in [-0.15, -0.1) is 0 Å². The summed E-state index contributed by atoms with van der Waals surface area (Å²) in [5.41, 5.74) is 0. The number of nitrogens with one attached hydrogen (secondary N) is 2. The molecular formula is C11H19N3O2. The molecule has 0 spiro atoms. The van der Waals surface area contributed by atoms with Gasteiger partial charge in [0.25, 0.3) is 0 Å². The number of carbonyl (C=O) groups excluding carboxylic acids is 1. The monoisotopic (exact) mass is 225 g/mol. The topological polar surface area (TPSA) is 67.2 Å². The van der Waals surface area contributed by atoms with E-state index in [1.165, 1.54) is 0 Å². The van der Waals surface area contributed by atoms with Crippen molar-refractivity contribution in [1.82, 2.24) is 15.6 Å². The van der Waals surface area contributed by atoms with E-state index in [1.54, 1.807) is 6.20 Å². The van der Waals surface area contributed by atoms with Crippen molar-refractivity contribution in [2.75, 3.05) is 6.54 Å². The van der Waals surface area contributed by atoms with Gasteiger partial charge in [-0.2, -0.15) is 0 Å². The fraction of sp³-hybridized carbons (Fsp3) is 0.636. The summed E-state index contributed by atoms with van der Waals surface area (Å²) in [6.07, 6.45) is 2.64. The van der Waals surface area contributed by atoms with Crippen molar-refractivity contribution in [3.05, 3.63) is 17.8 Å². The fourth-order valence-electron chi connectivity index (χ4n) is 1.13. The first-order valence-electron chi connectivity index (χ1n) is 5.53. The molecule has 0 saturated heterocycles. The third kappa shape index (κ3) is 4.44. The van der Waals surface area contributed by atoms with Crippen LogP contribution in [0.4, 0.5) is 0 Å². The van der Waals surface area contributed by atoms with Gasteiger partial charge in [0, 0.05) is 6.04 Å². The lowest BCUT2D eigenvalue weighted by Gasteiger charge is -2.10. The minimum atomic E-state index is -0.0452. The van der Waals surface area contributed by atoms with E-state index >= 15 is 0 Å². The van der Waals surface area contributed by atoms with E-state index < -0.39 is 0 Å². The molecule has 16 heavy (non-hydrogen) atoms. The Morgan fingerprint density at radius 3 is 2.94 bits per heavy atom. The van der Waals surface area contributed by atoms with Crippen LogP contribution in [0.25, 0.3) is 0 Å². The molecule has 1 amide bonds. The van der Waals surface area contributed by atoms with Crippen LogP contribution in [0.3, 0.4) is 0 Å². The lowest BCUT2D eigenvalue weighted by Crippen LogP contribution is -2.37. The van der Waals surface area contributed by atoms with Crippen LogP contribution in [0.15, 0.2) is 10.6 Å². The number of oxazole rings is 1. The molecular weight excluding hydrogens is 206 g/mol. The van der Waals surface area contributed by atoms with E-state index in [0.717, 1.165) is 12.2 Å². The average molecular weight is 225 g/mol. The van der Waals surface area contributed by atoms with Crippen molar-refractivity contribution in [3.8, 4) is 0 Å². The molecule has 1 aromatic rings. The Morgan fingerprint density at radius 1 is 1.62 bits per heavy atom. The fourth-order valence-corrected chi connectivity index (χ4v) is 1.13. The summed E-state index contributed by atoms with van der Waals surface area (Å²) in [6, 6.07) is 0.356. The third-order valence-corrected chi connectivity index (χ3v) is 2.33. The number of rotatable bonds is 6. The van der Waals surface area contributed by atoms with Gasteiger partial charge in [-0.05, 0) is 20.3 Å². The highest BCUT2D eigenvalue weighted by Gasteiger charge is 2.05. The standard InChI is InChI=1S/C11H19N3O2/c1-4-8(2)12-6-10(15)13-7-11-14-5-9(3)16-11/h5,8,12H,4,6-7H2,1-3H3,(H,13,15). The molecule has 0 aromatic carbocycles. The largest absolute Gasteiger partial charge is 0.444 e. The molecule has 0 aliphatic heterocycles. The van der Waals surface area contributed by atoms with Crippen LogP contribution in [0.1, 0.15) is 31.9 Å². The second-order valence-corrected chi connectivity index (χ2v) is 3.83. The summed E-state index contributed by atoms with van der Waals surface area (Å²) in [5.74, 6) is 1.24. The van der Waals surface area contributed by atoms with Gasteiger partial charge < -0.3 is 15.1 Å². The number of nitrogens with zero attached hydrogens (tertiary/aromatic N) is 1. The number of hydrogen-bond donors (Lipinski definition) is 2. The van der Waals surface area contributed by atoms with Gasteiger partial charge in [-0.25, -0.2) is 4.98 Å². The van der Waals surface area contributed by atoms with Crippen LogP contribution in [0.5, 0.6) is 0 Å². The smallest absolute Gasteiger partial charge is 0.234 e. The summed E-state index contributed by atoms with van der Waals surface area (Å²) < 4.78 is 5.23. The molecule has 5 nitrogen and oxygen atoms in total. The van der Waals surface area contributed by atoms with Gasteiger partial charge in [-0.3, -0.25) is 4.79 Å². The molecule has 2 N–H and O–H groups in total. The SMILES string of the molecule is CCC(C)NCC(=O)NCc1ncc(C)o1. The zero-order chi connectivity index (χ0) is 12.0. The zero-order valence-corrected chi connectivity index (χ0v) is 10.0. The second-order valence-electron chi connectivity index (χ2n) is 3.83. The number of carbonyl (C=O) groups is 1. The van der Waals surface area contributed by atoms with Crippen molar-refractivity contribution < 1.29 is 9.21 Å². The van der Waals surface area contributed by atoms with Crippen molar-refractivity contribution in [1.29, 1.82) is 0 Å². The maximum absolute atomic E-state index is 11.4. The maximum atomic E-state index is 11.4. The molecule has 0 radical (unpaired) electrons. The van der Waals surface area contributed by atoms with E-state index in [2.05, 4.69) is 22.5 Å². The molecule has 5 heteroatoms. The lowest BCUT2D eigenvalue weighted by atomic mass is 10.2. The highest BCUT2D eigenvalue weighted by Crippen LogP contribution is 2.00. The Labute approximate surface area is 95.6 Å². The van der Waals surface area contributed by atoms with E-state index in [4.69, 9.17) is 4.42 Å². The van der Waals surface area contributed by atoms with Gasteiger partial charge in [0.2, 0.25) is 11.8 Å². The van der Waals surface area contributed by atoms with Crippen LogP contribution in [-0.4, -0.2) is 23.5 Å². The highest BCUT2D eigenvalue weighted by molar-refractivity contribution is 5.77. The number of aromatic nitrogens is 1. The van der Waals surface area contributed by atoms with Crippen molar-refractivity contribution >= 4 is 5.91 Å². The van der Waals surface area contributed by atoms with Crippen LogP contribution < -0.4 is 10.6 Å². The van der Waals surface area contributed by atoms with E-state index in [0.29, 0.717) is 25.0 Å². The quantitative estimate of drug-likeness (QED) is 0.757. The number of hydrogen-bond acceptors (Lipinski definition) is 4. The molecule has 1 heterocycles. The van der Waals surface area contributed by atoms with Crippen molar-refractivity contribution in [2.45, 2.75) is 39.8 Å². The third-order valence-electron chi connectivity index (χ3n) is 2.33. The Bertz CT molecular complexity index is 336. The Hall–Kier alpha value is -1.36. The Morgan fingerprint density at radius 2 is 2.38 bits per heavy atom. The minimum absolute atomic E-state index is 0.0452. The molecule has 90 valence electrons. The molecule has 1 aromatic heterocycles. The molecule has 0 bridgehead atoms. The predicted molar refractivity (Wildman–Crippen MR) is 60.8 cm³/mol. The first-order valence-corrected chi connectivity index (χ1v) is 5.53. The summed E-state index contributed by atoms with van der Waals surface area (Å²) in [5, 5.41) is 5.84. The van der Waals surface area contributed by atoms with Crippen LogP contribution in [-0.2, 0) is 11.3 Å². The number of amides is 1. The predicted octanol–water partition coefficient (Wildman–Crippen LogP) is 0.987. The molecule has 0 fully saturated rings. The van der Waals surface area contributed by atoms with Crippen molar-refractivity contribution in [3.63, 3.8) is 0 Å². The average Bonchev–Trinajstić information content (AvgIpc) is 2.69. The van der Waals surface area contributed by atoms with Gasteiger partial charge in [0.15, 0.2) is 0 Å². The Kier molecular flexibility index (Phi) is 4.98. The minimum Gasteiger partial charge on any atom is -0.444 e. The summed E-state index contributed by atoms with van der Waals surface area (Å²) in [4.78, 5) is 15.4. The Balaban J connectivity index is 2.20. The number of aryl methyl sites for hydroxylation is 1. The van der Waals surface area contributed by atoms with Gasteiger partial charge in [-0.1, -0.05) is 6.92 Å². The van der Waals surface area contributed by atoms with E-state index in [9.17, 15) is 4.79 Å². The molecule has 0 saturated carbocycles. The van der Waals surface area contributed by atoms with Gasteiger partial charge in [0.05, 0.1) is 19.3 Å². The zero-order valence-electron chi connectivity index (χ0n) is 10.0. The molecule has 0 aliphatic carbocycles. The highest BCUT2D eigenvalue weighted by atomic mass is 16.4. The van der Waals surface area contributed by atoms with E-state index in [-0.39, 0.29) is 5.91 Å². The van der Waals surface area contributed by atoms with Crippen LogP contribution in [0.2, 0.25) is 0 Å². The molecule has 1 atom stereocenters. The van der Waals surface area contributed by atoms with Gasteiger partial charge in [0.1, 0.15) is 5.76 Å². The van der Waals surface area contributed by atoms with Crippen LogP contribution in [0, 0.1) is 6.92 Å². The lowest BCUT2D eigenvalue weighted by molar-refractivity contribution is -0.120. The normalized spacial score (nSPS) is 12.4. The molecule has 0 aliphatic rings. The summed E-state index contributed by atoms with van der Waals surface area (Å²) >= 11 is 0. The summed E-state index contributed by atoms with van der Waals surface area (Å²) in [6.45, 7) is 6.61. The van der Waals surface area contributed by atoms with Gasteiger partial charge >= 0.3 is 0 Å². The first-order chi connectivity index (χ1) is 7.61. The summed E-state index contributed by atoms with van der Waals surface area (Å²) in [7, 11) is 0. The maximum Gasteiger partial charge on any atom is 0.234 e. The molecule has 1 rings (SSSR count). The van der Waals surface area contributed by atoms with E-state index in [1.807, 2.05) is 13.8 Å². The van der Waals surface area contributed by atoms with Crippen LogP contribution >= 0.6 is 0 Å². The first kappa shape index (κ1) is 12.7. The molecule has 1 unspecified atom stereocenters.